The number of hydrogen-bond acceptors (Lipinski definition) is 5. The smallest absolute Gasteiger partial charge is 0.395 e. The minimum Gasteiger partial charge on any atom is -0.395 e. The molecule has 0 radical (unpaired) electrons. The van der Waals surface area contributed by atoms with Crippen molar-refractivity contribution in [2.24, 2.45) is 0 Å². The predicted octanol–water partition coefficient (Wildman–Crippen LogP) is 1.61. The zero-order valence-corrected chi connectivity index (χ0v) is 9.01. The number of furan rings is 1. The summed E-state index contributed by atoms with van der Waals surface area (Å²) in [5, 5.41) is 21.2. The van der Waals surface area contributed by atoms with Crippen LogP contribution in [0.4, 0.5) is 5.88 Å². The second kappa shape index (κ2) is 6.27. The van der Waals surface area contributed by atoms with Crippen LogP contribution in [0.2, 0.25) is 0 Å². The van der Waals surface area contributed by atoms with Gasteiger partial charge in [-0.05, 0) is 18.9 Å². The minimum atomic E-state index is -0.705. The first-order valence-corrected chi connectivity index (χ1v) is 5.04. The highest BCUT2D eigenvalue weighted by atomic mass is 16.6. The summed E-state index contributed by atoms with van der Waals surface area (Å²) < 4.78 is 4.72. The fourth-order valence-corrected chi connectivity index (χ4v) is 1.17. The highest BCUT2D eigenvalue weighted by Crippen LogP contribution is 2.15. The van der Waals surface area contributed by atoms with Crippen molar-refractivity contribution in [3.05, 3.63) is 28.0 Å². The Morgan fingerprint density at radius 2 is 2.29 bits per heavy atom. The molecular weight excluding hydrogens is 226 g/mol. The molecule has 0 aliphatic carbocycles. The minimum absolute atomic E-state index is 0.0861. The predicted molar refractivity (Wildman–Crippen MR) is 57.2 cm³/mol. The van der Waals surface area contributed by atoms with E-state index in [-0.39, 0.29) is 5.76 Å². The van der Waals surface area contributed by atoms with Crippen LogP contribution in [0.15, 0.2) is 16.5 Å². The third kappa shape index (κ3) is 3.95. The summed E-state index contributed by atoms with van der Waals surface area (Å²) in [5.74, 6) is -1.04. The van der Waals surface area contributed by atoms with Gasteiger partial charge >= 0.3 is 5.88 Å². The molecule has 7 heteroatoms. The molecule has 0 saturated carbocycles. The van der Waals surface area contributed by atoms with Crippen molar-refractivity contribution in [3.63, 3.8) is 0 Å². The molecule has 1 heterocycles. The Labute approximate surface area is 97.2 Å². The molecule has 1 aromatic rings. The van der Waals surface area contributed by atoms with Crippen LogP contribution >= 0.6 is 0 Å². The number of nitrogens with one attached hydrogen (secondary N) is 1. The number of unbranched alkanes of at least 4 members (excludes halogenated alkanes) is 2. The summed E-state index contributed by atoms with van der Waals surface area (Å²) in [5.41, 5.74) is 0. The lowest BCUT2D eigenvalue weighted by Gasteiger charge is -2.00. The average Bonchev–Trinajstić information content (AvgIpc) is 2.78. The van der Waals surface area contributed by atoms with E-state index in [0.29, 0.717) is 25.8 Å². The van der Waals surface area contributed by atoms with Gasteiger partial charge in [0, 0.05) is 13.0 Å². The molecule has 1 amide bonds. The normalized spacial score (nSPS) is 9.59. The lowest BCUT2D eigenvalue weighted by Crippen LogP contribution is -2.23. The molecule has 17 heavy (non-hydrogen) atoms. The molecule has 0 saturated heterocycles. The lowest BCUT2D eigenvalue weighted by molar-refractivity contribution is -0.402. The maximum atomic E-state index is 11.4. The van der Waals surface area contributed by atoms with Crippen molar-refractivity contribution < 1.29 is 14.1 Å². The summed E-state index contributed by atoms with van der Waals surface area (Å²) in [6.07, 6.45) is 1.83. The standard InChI is InChI=1S/C10H11N3O4/c11-6-2-1-3-7-12-10(14)8-4-5-9(17-8)13(15)16/h4-5H,1-3,7H2,(H,12,14). The van der Waals surface area contributed by atoms with Crippen LogP contribution < -0.4 is 5.32 Å². The second-order valence-electron chi connectivity index (χ2n) is 3.27. The zero-order chi connectivity index (χ0) is 12.7. The van der Waals surface area contributed by atoms with Gasteiger partial charge in [0.15, 0.2) is 5.76 Å². The highest BCUT2D eigenvalue weighted by Gasteiger charge is 2.16. The molecular formula is C10H11N3O4. The van der Waals surface area contributed by atoms with E-state index >= 15 is 0 Å². The first kappa shape index (κ1) is 12.7. The van der Waals surface area contributed by atoms with Gasteiger partial charge in [-0.3, -0.25) is 14.9 Å². The van der Waals surface area contributed by atoms with Crippen LogP contribution in [0.3, 0.4) is 0 Å². The van der Waals surface area contributed by atoms with Gasteiger partial charge in [-0.2, -0.15) is 5.26 Å². The van der Waals surface area contributed by atoms with Crippen LogP contribution in [0.1, 0.15) is 29.8 Å². The van der Waals surface area contributed by atoms with Crippen LogP contribution in [-0.2, 0) is 0 Å². The van der Waals surface area contributed by atoms with Gasteiger partial charge in [0.2, 0.25) is 0 Å². The summed E-state index contributed by atoms with van der Waals surface area (Å²) in [6.45, 7) is 0.412. The molecule has 0 fully saturated rings. The molecule has 7 nitrogen and oxygen atoms in total. The number of carbonyl (C=O) groups excluding carboxylic acids is 1. The van der Waals surface area contributed by atoms with E-state index in [9.17, 15) is 14.9 Å². The van der Waals surface area contributed by atoms with E-state index in [0.717, 1.165) is 6.07 Å². The first-order valence-electron chi connectivity index (χ1n) is 5.04. The van der Waals surface area contributed by atoms with E-state index in [1.165, 1.54) is 6.07 Å². The van der Waals surface area contributed by atoms with Crippen molar-refractivity contribution in [1.82, 2.24) is 5.32 Å². The Morgan fingerprint density at radius 1 is 1.53 bits per heavy atom. The van der Waals surface area contributed by atoms with Crippen molar-refractivity contribution in [2.45, 2.75) is 19.3 Å². The number of hydrogen-bond donors (Lipinski definition) is 1. The molecule has 0 spiro atoms. The van der Waals surface area contributed by atoms with Gasteiger partial charge in [0.05, 0.1) is 12.1 Å². The van der Waals surface area contributed by atoms with Crippen LogP contribution in [0.5, 0.6) is 0 Å². The highest BCUT2D eigenvalue weighted by molar-refractivity contribution is 5.91. The quantitative estimate of drug-likeness (QED) is 0.459. The van der Waals surface area contributed by atoms with Crippen molar-refractivity contribution in [1.29, 1.82) is 5.26 Å². The third-order valence-corrected chi connectivity index (χ3v) is 2.00. The first-order chi connectivity index (χ1) is 8.15. The molecule has 1 aromatic heterocycles. The van der Waals surface area contributed by atoms with Crippen molar-refractivity contribution in [3.8, 4) is 6.07 Å². The van der Waals surface area contributed by atoms with E-state index in [2.05, 4.69) is 5.32 Å². The molecule has 0 aliphatic rings. The monoisotopic (exact) mass is 237 g/mol. The molecule has 0 atom stereocenters. The van der Waals surface area contributed by atoms with Gasteiger partial charge in [-0.25, -0.2) is 0 Å². The SMILES string of the molecule is N#CCCCCNC(=O)c1ccc([N+](=O)[O-])o1. The molecule has 0 aromatic carbocycles. The van der Waals surface area contributed by atoms with E-state index in [4.69, 9.17) is 9.68 Å². The fraction of sp³-hybridized carbons (Fsp3) is 0.400. The molecule has 1 rings (SSSR count). The van der Waals surface area contributed by atoms with E-state index in [1.54, 1.807) is 0 Å². The number of nitrogens with zero attached hydrogens (tertiary/aromatic N) is 2. The number of carbonyl (C=O) groups is 1. The Kier molecular flexibility index (Phi) is 4.69. The number of rotatable bonds is 6. The maximum absolute atomic E-state index is 11.4. The number of nitriles is 1. The number of nitro groups is 1. The van der Waals surface area contributed by atoms with Crippen LogP contribution in [0.25, 0.3) is 0 Å². The van der Waals surface area contributed by atoms with Crippen LogP contribution in [-0.4, -0.2) is 17.4 Å². The molecule has 0 aliphatic heterocycles. The summed E-state index contributed by atoms with van der Waals surface area (Å²) in [7, 11) is 0. The topological polar surface area (TPSA) is 109 Å². The summed E-state index contributed by atoms with van der Waals surface area (Å²) >= 11 is 0. The largest absolute Gasteiger partial charge is 0.433 e. The van der Waals surface area contributed by atoms with E-state index in [1.807, 2.05) is 6.07 Å². The lowest BCUT2D eigenvalue weighted by atomic mass is 10.2. The molecule has 90 valence electrons. The van der Waals surface area contributed by atoms with E-state index < -0.39 is 16.7 Å². The zero-order valence-electron chi connectivity index (χ0n) is 9.01. The molecule has 1 N–H and O–H groups in total. The fourth-order valence-electron chi connectivity index (χ4n) is 1.17. The third-order valence-electron chi connectivity index (χ3n) is 2.00. The van der Waals surface area contributed by atoms with Gasteiger partial charge in [-0.1, -0.05) is 0 Å². The molecule has 0 bridgehead atoms. The van der Waals surface area contributed by atoms with Gasteiger partial charge < -0.3 is 9.73 Å². The number of amides is 1. The summed E-state index contributed by atoms with van der Waals surface area (Å²) in [4.78, 5) is 21.0. The average molecular weight is 237 g/mol. The van der Waals surface area contributed by atoms with Gasteiger partial charge in [-0.15, -0.1) is 0 Å². The van der Waals surface area contributed by atoms with Gasteiger partial charge in [0.25, 0.3) is 5.91 Å². The van der Waals surface area contributed by atoms with Crippen molar-refractivity contribution >= 4 is 11.8 Å². The van der Waals surface area contributed by atoms with Crippen LogP contribution in [0, 0.1) is 21.4 Å². The Morgan fingerprint density at radius 3 is 2.88 bits per heavy atom. The summed E-state index contributed by atoms with van der Waals surface area (Å²) in [6, 6.07) is 4.38. The van der Waals surface area contributed by atoms with Crippen molar-refractivity contribution in [2.75, 3.05) is 6.54 Å². The Bertz CT molecular complexity index is 447. The Hall–Kier alpha value is -2.36. The van der Waals surface area contributed by atoms with Gasteiger partial charge in [0.1, 0.15) is 4.92 Å². The Balaban J connectivity index is 2.37. The molecule has 0 unspecified atom stereocenters. The second-order valence-corrected chi connectivity index (χ2v) is 3.27. The maximum Gasteiger partial charge on any atom is 0.433 e.